The minimum Gasteiger partial charge on any atom is -0.480 e. The number of rotatable bonds is 4. The number of amides is 1. The van der Waals surface area contributed by atoms with Crippen LogP contribution in [0, 0.1) is 5.82 Å². The fourth-order valence-corrected chi connectivity index (χ4v) is 1.68. The van der Waals surface area contributed by atoms with Crippen LogP contribution in [0.5, 0.6) is 0 Å². The van der Waals surface area contributed by atoms with Gasteiger partial charge in [0.1, 0.15) is 12.4 Å². The molecule has 1 aromatic carbocycles. The predicted octanol–water partition coefficient (Wildman–Crippen LogP) is 2.52. The van der Waals surface area contributed by atoms with Gasteiger partial charge in [-0.3, -0.25) is 9.59 Å². The number of aliphatic carboxylic acids is 1. The second-order valence-corrected chi connectivity index (χ2v) is 4.90. The van der Waals surface area contributed by atoms with E-state index in [-0.39, 0.29) is 16.1 Å². The van der Waals surface area contributed by atoms with E-state index in [4.69, 9.17) is 5.11 Å². The van der Waals surface area contributed by atoms with E-state index in [9.17, 15) is 14.0 Å². The second kappa shape index (κ2) is 5.95. The van der Waals surface area contributed by atoms with Gasteiger partial charge in [-0.1, -0.05) is 0 Å². The Morgan fingerprint density at radius 2 is 2.06 bits per heavy atom. The Balaban J connectivity index is 3.02. The van der Waals surface area contributed by atoms with Crippen molar-refractivity contribution in [1.82, 2.24) is 4.90 Å². The summed E-state index contributed by atoms with van der Waals surface area (Å²) in [4.78, 5) is 23.9. The van der Waals surface area contributed by atoms with Gasteiger partial charge in [-0.2, -0.15) is 0 Å². The SMILES string of the molecule is CC(C)N(CC(=O)O)C(=O)c1ccc(Br)c(F)c1. The molecule has 98 valence electrons. The third-order valence-corrected chi connectivity index (χ3v) is 3.00. The Labute approximate surface area is 113 Å². The molecule has 18 heavy (non-hydrogen) atoms. The molecule has 0 aromatic heterocycles. The molecule has 1 aromatic rings. The Bertz CT molecular complexity index is 476. The van der Waals surface area contributed by atoms with Gasteiger partial charge in [-0.25, -0.2) is 4.39 Å². The normalized spacial score (nSPS) is 10.5. The van der Waals surface area contributed by atoms with Crippen LogP contribution in [0.3, 0.4) is 0 Å². The van der Waals surface area contributed by atoms with E-state index >= 15 is 0 Å². The predicted molar refractivity (Wildman–Crippen MR) is 67.9 cm³/mol. The molecule has 6 heteroatoms. The lowest BCUT2D eigenvalue weighted by molar-refractivity contribution is -0.138. The van der Waals surface area contributed by atoms with Crippen LogP contribution < -0.4 is 0 Å². The third kappa shape index (κ3) is 3.53. The monoisotopic (exact) mass is 317 g/mol. The smallest absolute Gasteiger partial charge is 0.323 e. The Morgan fingerprint density at radius 3 is 2.50 bits per heavy atom. The highest BCUT2D eigenvalue weighted by Crippen LogP contribution is 2.18. The lowest BCUT2D eigenvalue weighted by Crippen LogP contribution is -2.40. The first kappa shape index (κ1) is 14.6. The summed E-state index contributed by atoms with van der Waals surface area (Å²) in [5, 5.41) is 8.75. The van der Waals surface area contributed by atoms with Gasteiger partial charge >= 0.3 is 5.97 Å². The van der Waals surface area contributed by atoms with Crippen LogP contribution in [0.2, 0.25) is 0 Å². The van der Waals surface area contributed by atoms with Crippen LogP contribution in [0.4, 0.5) is 4.39 Å². The molecular weight excluding hydrogens is 305 g/mol. The van der Waals surface area contributed by atoms with Crippen LogP contribution in [0.15, 0.2) is 22.7 Å². The van der Waals surface area contributed by atoms with E-state index in [1.54, 1.807) is 13.8 Å². The summed E-state index contributed by atoms with van der Waals surface area (Å²) in [6.07, 6.45) is 0. The van der Waals surface area contributed by atoms with E-state index in [2.05, 4.69) is 15.9 Å². The number of hydrogen-bond donors (Lipinski definition) is 1. The van der Waals surface area contributed by atoms with Gasteiger partial charge in [0.25, 0.3) is 5.91 Å². The quantitative estimate of drug-likeness (QED) is 0.928. The Kier molecular flexibility index (Phi) is 4.84. The highest BCUT2D eigenvalue weighted by molar-refractivity contribution is 9.10. The van der Waals surface area contributed by atoms with Gasteiger partial charge in [-0.15, -0.1) is 0 Å². The number of hydrogen-bond acceptors (Lipinski definition) is 2. The summed E-state index contributed by atoms with van der Waals surface area (Å²) >= 11 is 2.99. The second-order valence-electron chi connectivity index (χ2n) is 4.05. The minimum absolute atomic E-state index is 0.130. The molecule has 0 aliphatic heterocycles. The van der Waals surface area contributed by atoms with E-state index < -0.39 is 24.2 Å². The van der Waals surface area contributed by atoms with Crippen molar-refractivity contribution in [3.8, 4) is 0 Å². The van der Waals surface area contributed by atoms with Crippen molar-refractivity contribution >= 4 is 27.8 Å². The first-order valence-electron chi connectivity index (χ1n) is 5.30. The number of benzene rings is 1. The van der Waals surface area contributed by atoms with Crippen molar-refractivity contribution in [3.63, 3.8) is 0 Å². The largest absolute Gasteiger partial charge is 0.480 e. The summed E-state index contributed by atoms with van der Waals surface area (Å²) < 4.78 is 13.6. The first-order valence-corrected chi connectivity index (χ1v) is 6.10. The number of carbonyl (C=O) groups excluding carboxylic acids is 1. The summed E-state index contributed by atoms with van der Waals surface area (Å²) in [5.74, 6) is -2.16. The average molecular weight is 318 g/mol. The molecule has 0 spiro atoms. The topological polar surface area (TPSA) is 57.6 Å². The van der Waals surface area contributed by atoms with Crippen LogP contribution >= 0.6 is 15.9 Å². The molecule has 0 saturated heterocycles. The average Bonchev–Trinajstić information content (AvgIpc) is 2.28. The van der Waals surface area contributed by atoms with Crippen molar-refractivity contribution < 1.29 is 19.1 Å². The van der Waals surface area contributed by atoms with Crippen molar-refractivity contribution in [2.75, 3.05) is 6.54 Å². The van der Waals surface area contributed by atoms with Crippen molar-refractivity contribution in [2.45, 2.75) is 19.9 Å². The number of halogens is 2. The highest BCUT2D eigenvalue weighted by Gasteiger charge is 2.21. The lowest BCUT2D eigenvalue weighted by atomic mass is 10.1. The van der Waals surface area contributed by atoms with Crippen LogP contribution in [-0.4, -0.2) is 34.5 Å². The maximum Gasteiger partial charge on any atom is 0.323 e. The zero-order valence-corrected chi connectivity index (χ0v) is 11.6. The zero-order chi connectivity index (χ0) is 13.9. The maximum atomic E-state index is 13.3. The number of nitrogens with zero attached hydrogens (tertiary/aromatic N) is 1. The van der Waals surface area contributed by atoms with Gasteiger partial charge in [0.15, 0.2) is 0 Å². The Hall–Kier alpha value is -1.43. The molecule has 0 bridgehead atoms. The van der Waals surface area contributed by atoms with Crippen LogP contribution in [-0.2, 0) is 4.79 Å². The first-order chi connectivity index (χ1) is 8.32. The molecule has 0 heterocycles. The molecular formula is C12H13BrFNO3. The zero-order valence-electron chi connectivity index (χ0n) is 9.98. The molecule has 1 N–H and O–H groups in total. The van der Waals surface area contributed by atoms with Crippen molar-refractivity contribution in [3.05, 3.63) is 34.1 Å². The maximum absolute atomic E-state index is 13.3. The van der Waals surface area contributed by atoms with Gasteiger partial charge in [0.05, 0.1) is 4.47 Å². The van der Waals surface area contributed by atoms with E-state index in [1.807, 2.05) is 0 Å². The summed E-state index contributed by atoms with van der Waals surface area (Å²) in [7, 11) is 0. The molecule has 0 atom stereocenters. The van der Waals surface area contributed by atoms with Gasteiger partial charge in [0.2, 0.25) is 0 Å². The van der Waals surface area contributed by atoms with E-state index in [0.717, 1.165) is 6.07 Å². The summed E-state index contributed by atoms with van der Waals surface area (Å²) in [5.41, 5.74) is 0.130. The highest BCUT2D eigenvalue weighted by atomic mass is 79.9. The standard InChI is InChI=1S/C12H13BrFNO3/c1-7(2)15(6-11(16)17)12(18)8-3-4-9(13)10(14)5-8/h3-5,7H,6H2,1-2H3,(H,16,17). The van der Waals surface area contributed by atoms with E-state index in [0.29, 0.717) is 0 Å². The minimum atomic E-state index is -1.10. The van der Waals surface area contributed by atoms with Crippen LogP contribution in [0.25, 0.3) is 0 Å². The summed E-state index contributed by atoms with van der Waals surface area (Å²) in [6, 6.07) is 3.68. The number of carboxylic acid groups (broad SMARTS) is 1. The number of carbonyl (C=O) groups is 2. The van der Waals surface area contributed by atoms with Gasteiger partial charge < -0.3 is 10.0 Å². The molecule has 0 unspecified atom stereocenters. The fourth-order valence-electron chi connectivity index (χ4n) is 1.43. The van der Waals surface area contributed by atoms with Gasteiger partial charge in [0, 0.05) is 11.6 Å². The van der Waals surface area contributed by atoms with Crippen molar-refractivity contribution in [1.29, 1.82) is 0 Å². The van der Waals surface area contributed by atoms with Crippen molar-refractivity contribution in [2.24, 2.45) is 0 Å². The molecule has 1 rings (SSSR count). The van der Waals surface area contributed by atoms with Crippen LogP contribution in [0.1, 0.15) is 24.2 Å². The Morgan fingerprint density at radius 1 is 1.44 bits per heavy atom. The molecule has 0 aliphatic carbocycles. The summed E-state index contributed by atoms with van der Waals surface area (Å²) in [6.45, 7) is 3.00. The molecule has 0 fully saturated rings. The fraction of sp³-hybridized carbons (Fsp3) is 0.333. The lowest BCUT2D eigenvalue weighted by Gasteiger charge is -2.24. The van der Waals surface area contributed by atoms with Gasteiger partial charge in [-0.05, 0) is 48.0 Å². The molecule has 0 saturated carbocycles. The molecule has 1 amide bonds. The molecule has 0 radical (unpaired) electrons. The van der Waals surface area contributed by atoms with E-state index in [1.165, 1.54) is 17.0 Å². The molecule has 0 aliphatic rings. The number of carboxylic acids is 1. The third-order valence-electron chi connectivity index (χ3n) is 2.36. The molecule has 4 nitrogen and oxygen atoms in total.